The van der Waals surface area contributed by atoms with Crippen LogP contribution in [0.15, 0.2) is 35.5 Å². The Balaban J connectivity index is 2.04. The van der Waals surface area contributed by atoms with E-state index in [0.29, 0.717) is 12.1 Å². The fourth-order valence-electron chi connectivity index (χ4n) is 2.92. The van der Waals surface area contributed by atoms with Gasteiger partial charge in [-0.2, -0.15) is 0 Å². The van der Waals surface area contributed by atoms with Crippen molar-refractivity contribution in [3.05, 3.63) is 35.5 Å². The Morgan fingerprint density at radius 1 is 1.48 bits per heavy atom. The molecule has 1 aliphatic carbocycles. The molecule has 1 N–H and O–H groups in total. The SMILES string of the molecule is C=C1C(=O)O[C@@H]2/C=C(/C)CC/C=C(/COC(=O)NCC)CC[C@H]12. The fraction of sp³-hybridized carbons (Fsp3) is 0.556. The molecule has 1 fully saturated rings. The Morgan fingerprint density at radius 3 is 3.00 bits per heavy atom. The first-order chi connectivity index (χ1) is 11.0. The predicted octanol–water partition coefficient (Wildman–Crippen LogP) is 3.28. The number of nitrogens with one attached hydrogen (secondary N) is 1. The molecular weight excluding hydrogens is 294 g/mol. The van der Waals surface area contributed by atoms with Gasteiger partial charge in [-0.15, -0.1) is 0 Å². The molecule has 1 aliphatic heterocycles. The molecule has 0 bridgehead atoms. The third-order valence-corrected chi connectivity index (χ3v) is 4.26. The number of alkyl carbamates (subject to hydrolysis) is 1. The van der Waals surface area contributed by atoms with Crippen molar-refractivity contribution in [3.8, 4) is 0 Å². The summed E-state index contributed by atoms with van der Waals surface area (Å²) in [5.74, 6) is -0.296. The van der Waals surface area contributed by atoms with Crippen LogP contribution < -0.4 is 5.32 Å². The van der Waals surface area contributed by atoms with E-state index in [-0.39, 0.29) is 24.6 Å². The highest BCUT2D eigenvalue weighted by Gasteiger charge is 2.37. The molecule has 2 atom stereocenters. The molecule has 0 aromatic heterocycles. The molecular formula is C18H25NO4. The van der Waals surface area contributed by atoms with Crippen LogP contribution in [0.3, 0.4) is 0 Å². The van der Waals surface area contributed by atoms with Crippen LogP contribution >= 0.6 is 0 Å². The summed E-state index contributed by atoms with van der Waals surface area (Å²) in [7, 11) is 0. The van der Waals surface area contributed by atoms with Gasteiger partial charge in [0, 0.05) is 18.0 Å². The number of carbonyl (C=O) groups excluding carboxylic acids is 2. The zero-order chi connectivity index (χ0) is 16.8. The average Bonchev–Trinajstić information content (AvgIpc) is 2.76. The van der Waals surface area contributed by atoms with Crippen molar-refractivity contribution in [2.24, 2.45) is 5.92 Å². The lowest BCUT2D eigenvalue weighted by Crippen LogP contribution is -2.24. The summed E-state index contributed by atoms with van der Waals surface area (Å²) in [5.41, 5.74) is 2.82. The molecule has 0 spiro atoms. The second-order valence-corrected chi connectivity index (χ2v) is 6.06. The number of ether oxygens (including phenoxy) is 2. The van der Waals surface area contributed by atoms with Crippen LogP contribution in [-0.4, -0.2) is 31.3 Å². The third-order valence-electron chi connectivity index (χ3n) is 4.26. The first kappa shape index (κ1) is 17.3. The minimum absolute atomic E-state index is 0.00317. The molecule has 23 heavy (non-hydrogen) atoms. The largest absolute Gasteiger partial charge is 0.454 e. The van der Waals surface area contributed by atoms with Gasteiger partial charge in [0.2, 0.25) is 0 Å². The molecule has 5 nitrogen and oxygen atoms in total. The smallest absolute Gasteiger partial charge is 0.407 e. The maximum absolute atomic E-state index is 11.8. The van der Waals surface area contributed by atoms with Crippen LogP contribution in [0, 0.1) is 5.92 Å². The number of esters is 1. The quantitative estimate of drug-likeness (QED) is 0.492. The standard InChI is InChI=1S/C18H25NO4/c1-4-19-18(21)22-11-14-7-5-6-12(2)10-16-15(9-8-14)13(3)17(20)23-16/h7,10,15-16H,3-6,8-9,11H2,1-2H3,(H,19,21)/b12-10-,14-7+/t15-,16-/m1/s1. The van der Waals surface area contributed by atoms with Crippen LogP contribution in [0.25, 0.3) is 0 Å². The average molecular weight is 319 g/mol. The van der Waals surface area contributed by atoms with Gasteiger partial charge in [0.25, 0.3) is 0 Å². The van der Waals surface area contributed by atoms with Gasteiger partial charge in [0.15, 0.2) is 0 Å². The fourth-order valence-corrected chi connectivity index (χ4v) is 2.92. The zero-order valence-corrected chi connectivity index (χ0v) is 13.9. The normalized spacial score (nSPS) is 29.5. The lowest BCUT2D eigenvalue weighted by molar-refractivity contribution is -0.137. The van der Waals surface area contributed by atoms with E-state index in [1.54, 1.807) is 0 Å². The molecule has 1 saturated heterocycles. The lowest BCUT2D eigenvalue weighted by Gasteiger charge is -2.18. The first-order valence-electron chi connectivity index (χ1n) is 8.16. The highest BCUT2D eigenvalue weighted by atomic mass is 16.6. The lowest BCUT2D eigenvalue weighted by atomic mass is 9.88. The Hall–Kier alpha value is -2.04. The summed E-state index contributed by atoms with van der Waals surface area (Å²) in [6.07, 6.45) is 6.90. The van der Waals surface area contributed by atoms with E-state index in [0.717, 1.165) is 31.3 Å². The Bertz CT molecular complexity index is 547. The van der Waals surface area contributed by atoms with Crippen molar-refractivity contribution >= 4 is 12.1 Å². The Kier molecular flexibility index (Phi) is 6.02. The van der Waals surface area contributed by atoms with Crippen LogP contribution in [0.4, 0.5) is 4.79 Å². The van der Waals surface area contributed by atoms with Gasteiger partial charge in [0.05, 0.1) is 0 Å². The maximum Gasteiger partial charge on any atom is 0.407 e. The zero-order valence-electron chi connectivity index (χ0n) is 13.9. The van der Waals surface area contributed by atoms with Gasteiger partial charge in [-0.05, 0) is 51.2 Å². The summed E-state index contributed by atoms with van der Waals surface area (Å²) in [4.78, 5) is 23.2. The molecule has 0 aromatic carbocycles. The van der Waals surface area contributed by atoms with Crippen LogP contribution in [-0.2, 0) is 14.3 Å². The van der Waals surface area contributed by atoms with Gasteiger partial charge < -0.3 is 14.8 Å². The summed E-state index contributed by atoms with van der Waals surface area (Å²) < 4.78 is 10.6. The van der Waals surface area contributed by atoms with E-state index in [9.17, 15) is 9.59 Å². The van der Waals surface area contributed by atoms with Crippen molar-refractivity contribution in [3.63, 3.8) is 0 Å². The summed E-state index contributed by atoms with van der Waals surface area (Å²) >= 11 is 0. The third kappa shape index (κ3) is 4.71. The van der Waals surface area contributed by atoms with E-state index in [1.807, 2.05) is 19.9 Å². The summed E-state index contributed by atoms with van der Waals surface area (Å²) in [5, 5.41) is 2.62. The second-order valence-electron chi connectivity index (χ2n) is 6.06. The number of carbonyl (C=O) groups is 2. The monoisotopic (exact) mass is 319 g/mol. The molecule has 1 heterocycles. The minimum atomic E-state index is -0.400. The topological polar surface area (TPSA) is 64.6 Å². The summed E-state index contributed by atoms with van der Waals surface area (Å²) in [6, 6.07) is 0. The van der Waals surface area contributed by atoms with Crippen LogP contribution in [0.5, 0.6) is 0 Å². The molecule has 1 amide bonds. The van der Waals surface area contributed by atoms with E-state index < -0.39 is 6.09 Å². The molecule has 0 saturated carbocycles. The number of fused-ring (bicyclic) bond motifs is 1. The van der Waals surface area contributed by atoms with Gasteiger partial charge in [-0.25, -0.2) is 9.59 Å². The van der Waals surface area contributed by atoms with E-state index in [2.05, 4.69) is 18.0 Å². The number of allylic oxidation sites excluding steroid dienone is 2. The van der Waals surface area contributed by atoms with E-state index >= 15 is 0 Å². The number of hydrogen-bond acceptors (Lipinski definition) is 4. The minimum Gasteiger partial charge on any atom is -0.454 e. The molecule has 126 valence electrons. The van der Waals surface area contributed by atoms with Gasteiger partial charge in [-0.1, -0.05) is 18.2 Å². The second kappa shape index (κ2) is 7.99. The van der Waals surface area contributed by atoms with Gasteiger partial charge in [0.1, 0.15) is 12.7 Å². The number of rotatable bonds is 3. The summed E-state index contributed by atoms with van der Waals surface area (Å²) in [6.45, 7) is 8.60. The van der Waals surface area contributed by atoms with Crippen molar-refractivity contribution in [2.45, 2.75) is 45.6 Å². The van der Waals surface area contributed by atoms with E-state index in [4.69, 9.17) is 9.47 Å². The highest BCUT2D eigenvalue weighted by Crippen LogP contribution is 2.34. The number of hydrogen-bond donors (Lipinski definition) is 1. The van der Waals surface area contributed by atoms with E-state index in [1.165, 1.54) is 5.57 Å². The van der Waals surface area contributed by atoms with Crippen molar-refractivity contribution < 1.29 is 19.1 Å². The van der Waals surface area contributed by atoms with Crippen molar-refractivity contribution in [2.75, 3.05) is 13.2 Å². The number of amides is 1. The van der Waals surface area contributed by atoms with Gasteiger partial charge >= 0.3 is 12.1 Å². The molecule has 2 aliphatic rings. The van der Waals surface area contributed by atoms with Crippen molar-refractivity contribution in [1.82, 2.24) is 5.32 Å². The van der Waals surface area contributed by atoms with Gasteiger partial charge in [-0.3, -0.25) is 0 Å². The molecule has 0 radical (unpaired) electrons. The Labute approximate surface area is 137 Å². The highest BCUT2D eigenvalue weighted by molar-refractivity contribution is 5.91. The molecule has 2 rings (SSSR count). The maximum atomic E-state index is 11.8. The van der Waals surface area contributed by atoms with Crippen molar-refractivity contribution in [1.29, 1.82) is 0 Å². The predicted molar refractivity (Wildman–Crippen MR) is 87.8 cm³/mol. The first-order valence-corrected chi connectivity index (χ1v) is 8.16. The van der Waals surface area contributed by atoms with Crippen LogP contribution in [0.2, 0.25) is 0 Å². The molecule has 0 unspecified atom stereocenters. The molecule has 5 heteroatoms. The van der Waals surface area contributed by atoms with Crippen LogP contribution in [0.1, 0.15) is 39.5 Å². The Morgan fingerprint density at radius 2 is 2.26 bits per heavy atom. The molecule has 0 aromatic rings.